The van der Waals surface area contributed by atoms with Crippen LogP contribution in [0.15, 0.2) is 27.0 Å². The molecule has 0 aliphatic carbocycles. The summed E-state index contributed by atoms with van der Waals surface area (Å²) in [4.78, 5) is 11.8. The van der Waals surface area contributed by atoms with Crippen molar-refractivity contribution >= 4 is 50.6 Å². The number of amides is 1. The zero-order valence-electron chi connectivity index (χ0n) is 10.4. The largest absolute Gasteiger partial charge is 0.325 e. The molecule has 4 nitrogen and oxygen atoms in total. The standard InChI is InChI=1S/C12H12BrN3OS2/c1-7-5-9(13)3-4-10(7)14-11(17)6-18-12-16-15-8(2)19-12/h3-5H,6H2,1-2H3,(H,14,17). The molecule has 0 saturated heterocycles. The third-order valence-corrected chi connectivity index (χ3v) is 4.76. The Morgan fingerprint density at radius 3 is 2.84 bits per heavy atom. The molecule has 0 aliphatic heterocycles. The van der Waals surface area contributed by atoms with E-state index in [1.807, 2.05) is 32.0 Å². The van der Waals surface area contributed by atoms with Gasteiger partial charge in [-0.2, -0.15) is 0 Å². The molecule has 2 aromatic rings. The summed E-state index contributed by atoms with van der Waals surface area (Å²) in [5.74, 6) is 0.299. The van der Waals surface area contributed by atoms with Crippen molar-refractivity contribution in [3.05, 3.63) is 33.2 Å². The minimum Gasteiger partial charge on any atom is -0.325 e. The number of nitrogens with one attached hydrogen (secondary N) is 1. The van der Waals surface area contributed by atoms with Crippen molar-refractivity contribution < 1.29 is 4.79 Å². The zero-order chi connectivity index (χ0) is 13.8. The summed E-state index contributed by atoms with van der Waals surface area (Å²) in [7, 11) is 0. The summed E-state index contributed by atoms with van der Waals surface area (Å²) < 4.78 is 1.82. The Morgan fingerprint density at radius 1 is 1.42 bits per heavy atom. The molecular weight excluding hydrogens is 346 g/mol. The van der Waals surface area contributed by atoms with E-state index in [4.69, 9.17) is 0 Å². The lowest BCUT2D eigenvalue weighted by Gasteiger charge is -2.07. The highest BCUT2D eigenvalue weighted by Gasteiger charge is 2.08. The van der Waals surface area contributed by atoms with Crippen LogP contribution in [0.1, 0.15) is 10.6 Å². The third kappa shape index (κ3) is 4.29. The van der Waals surface area contributed by atoms with E-state index in [1.165, 1.54) is 23.1 Å². The van der Waals surface area contributed by atoms with Crippen LogP contribution in [-0.4, -0.2) is 21.9 Å². The van der Waals surface area contributed by atoms with Crippen molar-refractivity contribution in [1.82, 2.24) is 10.2 Å². The number of carbonyl (C=O) groups is 1. The van der Waals surface area contributed by atoms with E-state index >= 15 is 0 Å². The minimum atomic E-state index is -0.0386. The Balaban J connectivity index is 1.90. The smallest absolute Gasteiger partial charge is 0.234 e. The maximum atomic E-state index is 11.8. The van der Waals surface area contributed by atoms with E-state index < -0.39 is 0 Å². The lowest BCUT2D eigenvalue weighted by molar-refractivity contribution is -0.113. The maximum absolute atomic E-state index is 11.8. The van der Waals surface area contributed by atoms with Crippen molar-refractivity contribution in [1.29, 1.82) is 0 Å². The van der Waals surface area contributed by atoms with Crippen molar-refractivity contribution in [3.63, 3.8) is 0 Å². The number of thioether (sulfide) groups is 1. The van der Waals surface area contributed by atoms with Gasteiger partial charge in [-0.3, -0.25) is 4.79 Å². The summed E-state index contributed by atoms with van der Waals surface area (Å²) in [6, 6.07) is 5.76. The average Bonchev–Trinajstić information content (AvgIpc) is 2.76. The molecule has 1 aromatic heterocycles. The molecule has 0 atom stereocenters. The van der Waals surface area contributed by atoms with Crippen LogP contribution in [0.2, 0.25) is 0 Å². The van der Waals surface area contributed by atoms with Crippen LogP contribution in [0.3, 0.4) is 0 Å². The van der Waals surface area contributed by atoms with Gasteiger partial charge in [0.05, 0.1) is 5.75 Å². The molecule has 0 unspecified atom stereocenters. The molecular formula is C12H12BrN3OS2. The van der Waals surface area contributed by atoms with Crippen LogP contribution in [0, 0.1) is 13.8 Å². The second kappa shape index (κ2) is 6.49. The van der Waals surface area contributed by atoms with E-state index in [-0.39, 0.29) is 5.91 Å². The number of carbonyl (C=O) groups excluding carboxylic acids is 1. The van der Waals surface area contributed by atoms with E-state index in [1.54, 1.807) is 0 Å². The molecule has 0 aliphatic rings. The lowest BCUT2D eigenvalue weighted by atomic mass is 10.2. The lowest BCUT2D eigenvalue weighted by Crippen LogP contribution is -2.14. The monoisotopic (exact) mass is 357 g/mol. The fourth-order valence-electron chi connectivity index (χ4n) is 1.42. The van der Waals surface area contributed by atoms with Gasteiger partial charge in [-0.05, 0) is 37.6 Å². The number of hydrogen-bond donors (Lipinski definition) is 1. The number of aryl methyl sites for hydroxylation is 2. The Bertz CT molecular complexity index is 600. The highest BCUT2D eigenvalue weighted by Crippen LogP contribution is 2.23. The van der Waals surface area contributed by atoms with Crippen molar-refractivity contribution in [3.8, 4) is 0 Å². The van der Waals surface area contributed by atoms with Gasteiger partial charge in [0, 0.05) is 10.2 Å². The molecule has 1 aromatic carbocycles. The van der Waals surface area contributed by atoms with Gasteiger partial charge in [0.2, 0.25) is 5.91 Å². The first-order chi connectivity index (χ1) is 9.04. The summed E-state index contributed by atoms with van der Waals surface area (Å²) in [6.45, 7) is 3.86. The number of benzene rings is 1. The van der Waals surface area contributed by atoms with Crippen LogP contribution in [0.5, 0.6) is 0 Å². The number of halogens is 1. The van der Waals surface area contributed by atoms with Gasteiger partial charge in [-0.25, -0.2) is 0 Å². The van der Waals surface area contributed by atoms with Crippen LogP contribution < -0.4 is 5.32 Å². The van der Waals surface area contributed by atoms with Gasteiger partial charge in [0.25, 0.3) is 0 Å². The second-order valence-electron chi connectivity index (χ2n) is 3.88. The fraction of sp³-hybridized carbons (Fsp3) is 0.250. The number of anilines is 1. The van der Waals surface area contributed by atoms with Crippen LogP contribution >= 0.6 is 39.0 Å². The Morgan fingerprint density at radius 2 is 2.21 bits per heavy atom. The van der Waals surface area contributed by atoms with Gasteiger partial charge in [-0.15, -0.1) is 10.2 Å². The van der Waals surface area contributed by atoms with Gasteiger partial charge < -0.3 is 5.32 Å². The maximum Gasteiger partial charge on any atom is 0.234 e. The minimum absolute atomic E-state index is 0.0386. The molecule has 0 fully saturated rings. The first kappa shape index (κ1) is 14.5. The van der Waals surface area contributed by atoms with Gasteiger partial charge in [0.15, 0.2) is 4.34 Å². The molecule has 0 radical (unpaired) electrons. The van der Waals surface area contributed by atoms with E-state index in [2.05, 4.69) is 31.4 Å². The second-order valence-corrected chi connectivity index (χ2v) is 7.20. The van der Waals surface area contributed by atoms with Crippen molar-refractivity contribution in [2.75, 3.05) is 11.1 Å². The zero-order valence-corrected chi connectivity index (χ0v) is 13.7. The highest BCUT2D eigenvalue weighted by molar-refractivity contribution is 9.10. The van der Waals surface area contributed by atoms with Crippen LogP contribution in [0.25, 0.3) is 0 Å². The molecule has 0 bridgehead atoms. The first-order valence-electron chi connectivity index (χ1n) is 5.53. The number of rotatable bonds is 4. The fourth-order valence-corrected chi connectivity index (χ4v) is 3.51. The molecule has 0 saturated carbocycles. The summed E-state index contributed by atoms with van der Waals surface area (Å²) in [5.41, 5.74) is 1.86. The predicted molar refractivity (Wildman–Crippen MR) is 82.9 cm³/mol. The molecule has 2 rings (SSSR count). The van der Waals surface area contributed by atoms with Crippen LogP contribution in [-0.2, 0) is 4.79 Å². The normalized spacial score (nSPS) is 10.5. The molecule has 1 N–H and O–H groups in total. The Hall–Kier alpha value is -0.920. The van der Waals surface area contributed by atoms with Gasteiger partial charge in [-0.1, -0.05) is 39.0 Å². The van der Waals surface area contributed by atoms with Gasteiger partial charge in [0.1, 0.15) is 5.01 Å². The molecule has 0 spiro atoms. The molecule has 100 valence electrons. The SMILES string of the molecule is Cc1nnc(SCC(=O)Nc2ccc(Br)cc2C)s1. The van der Waals surface area contributed by atoms with E-state index in [0.717, 1.165) is 25.1 Å². The van der Waals surface area contributed by atoms with Crippen molar-refractivity contribution in [2.45, 2.75) is 18.2 Å². The number of nitrogens with zero attached hydrogens (tertiary/aromatic N) is 2. The molecule has 1 heterocycles. The predicted octanol–water partition coefficient (Wildman–Crippen LogP) is 3.65. The number of hydrogen-bond acceptors (Lipinski definition) is 5. The summed E-state index contributed by atoms with van der Waals surface area (Å²) >= 11 is 6.29. The summed E-state index contributed by atoms with van der Waals surface area (Å²) in [6.07, 6.45) is 0. The molecule has 1 amide bonds. The Kier molecular flexibility index (Phi) is 4.95. The Labute approximate surface area is 128 Å². The highest BCUT2D eigenvalue weighted by atomic mass is 79.9. The van der Waals surface area contributed by atoms with Gasteiger partial charge >= 0.3 is 0 Å². The third-order valence-electron chi connectivity index (χ3n) is 2.30. The number of aromatic nitrogens is 2. The van der Waals surface area contributed by atoms with Crippen LogP contribution in [0.4, 0.5) is 5.69 Å². The van der Waals surface area contributed by atoms with E-state index in [9.17, 15) is 4.79 Å². The molecule has 7 heteroatoms. The van der Waals surface area contributed by atoms with Crippen molar-refractivity contribution in [2.24, 2.45) is 0 Å². The summed E-state index contributed by atoms with van der Waals surface area (Å²) in [5, 5.41) is 11.7. The topological polar surface area (TPSA) is 54.9 Å². The quantitative estimate of drug-likeness (QED) is 0.848. The van der Waals surface area contributed by atoms with E-state index in [0.29, 0.717) is 5.75 Å². The first-order valence-corrected chi connectivity index (χ1v) is 8.13. The average molecular weight is 358 g/mol. The molecule has 19 heavy (non-hydrogen) atoms.